The number of benzene rings is 3. The van der Waals surface area contributed by atoms with E-state index in [2.05, 4.69) is 64.9 Å². The fourth-order valence-electron chi connectivity index (χ4n) is 5.35. The number of hydrogen-bond acceptors (Lipinski definition) is 4. The molecule has 0 unspecified atom stereocenters. The molecule has 37 heavy (non-hydrogen) atoms. The quantitative estimate of drug-likeness (QED) is 0.446. The lowest BCUT2D eigenvalue weighted by atomic mass is 10.2. The fourth-order valence-corrected chi connectivity index (χ4v) is 6.66. The number of anilines is 2. The number of hydrogen-bond donors (Lipinski definition) is 1. The first-order valence-electron chi connectivity index (χ1n) is 13.0. The van der Waals surface area contributed by atoms with Crippen LogP contribution in [-0.4, -0.2) is 32.9 Å². The molecular formula is C31H35N3O2S. The van der Waals surface area contributed by atoms with Crippen molar-refractivity contribution in [3.8, 4) is 0 Å². The van der Waals surface area contributed by atoms with Gasteiger partial charge in [-0.25, -0.2) is 8.42 Å². The van der Waals surface area contributed by atoms with E-state index in [9.17, 15) is 8.42 Å². The third kappa shape index (κ3) is 5.16. The van der Waals surface area contributed by atoms with Crippen molar-refractivity contribution < 1.29 is 8.42 Å². The van der Waals surface area contributed by atoms with Gasteiger partial charge >= 0.3 is 0 Å². The monoisotopic (exact) mass is 513 g/mol. The number of rotatable bonds is 4. The molecule has 5 nitrogen and oxygen atoms in total. The molecule has 192 valence electrons. The van der Waals surface area contributed by atoms with E-state index in [0.29, 0.717) is 4.90 Å². The molecule has 6 heteroatoms. The molecular weight excluding hydrogens is 478 g/mol. The van der Waals surface area contributed by atoms with Crippen LogP contribution in [0.25, 0.3) is 0 Å². The number of fused-ring (bicyclic) bond motifs is 2. The zero-order chi connectivity index (χ0) is 26.0. The standard InChI is InChI=1S/C23H26N2O2S.C8H9N/c1-17-8-12-21(13-9-17)28(26,27)24(3)23-18(2)10-11-20(23)16-25-15-14-19-6-4-5-7-22(19)25;1-2-4-8-7(3-1)5-6-9-8/h4-9,12-13,16H,10-11,14-15H2,1-3H3;1-4,9H,5-6H2/b20-16+;. The Balaban J connectivity index is 0.000000260. The second-order valence-electron chi connectivity index (χ2n) is 9.97. The van der Waals surface area contributed by atoms with Gasteiger partial charge in [0.05, 0.1) is 10.6 Å². The van der Waals surface area contributed by atoms with Crippen molar-refractivity contribution in [1.82, 2.24) is 4.31 Å². The summed E-state index contributed by atoms with van der Waals surface area (Å²) in [7, 11) is -1.91. The van der Waals surface area contributed by atoms with Gasteiger partial charge in [0, 0.05) is 37.7 Å². The molecule has 0 bridgehead atoms. The molecule has 3 aromatic rings. The Labute approximate surface area is 221 Å². The number of nitrogens with zero attached hydrogens (tertiary/aromatic N) is 2. The Hall–Kier alpha value is -3.51. The molecule has 1 N–H and O–H groups in total. The van der Waals surface area contributed by atoms with Crippen molar-refractivity contribution >= 4 is 21.4 Å². The maximum atomic E-state index is 13.2. The summed E-state index contributed by atoms with van der Waals surface area (Å²) in [5.41, 5.74) is 9.44. The number of aryl methyl sites for hydroxylation is 1. The van der Waals surface area contributed by atoms with E-state index in [1.165, 1.54) is 33.2 Å². The van der Waals surface area contributed by atoms with Gasteiger partial charge < -0.3 is 10.2 Å². The highest BCUT2D eigenvalue weighted by Gasteiger charge is 2.30. The highest BCUT2D eigenvalue weighted by Crippen LogP contribution is 2.38. The van der Waals surface area contributed by atoms with Gasteiger partial charge in [-0.2, -0.15) is 0 Å². The van der Waals surface area contributed by atoms with E-state index in [0.717, 1.165) is 54.8 Å². The van der Waals surface area contributed by atoms with Crippen molar-refractivity contribution in [3.63, 3.8) is 0 Å². The minimum absolute atomic E-state index is 0.332. The third-order valence-electron chi connectivity index (χ3n) is 7.43. The summed E-state index contributed by atoms with van der Waals surface area (Å²) in [5.74, 6) is 0. The molecule has 2 aliphatic heterocycles. The summed E-state index contributed by atoms with van der Waals surface area (Å²) in [6, 6.07) is 23.9. The molecule has 0 atom stereocenters. The van der Waals surface area contributed by atoms with Crippen LogP contribution in [0.15, 0.2) is 101 Å². The molecule has 6 rings (SSSR count). The van der Waals surface area contributed by atoms with Gasteiger partial charge in [0.1, 0.15) is 0 Å². The van der Waals surface area contributed by atoms with Gasteiger partial charge in [-0.3, -0.25) is 4.31 Å². The number of para-hydroxylation sites is 2. The predicted octanol–water partition coefficient (Wildman–Crippen LogP) is 6.28. The Morgan fingerprint density at radius 2 is 1.54 bits per heavy atom. The molecule has 0 saturated carbocycles. The Morgan fingerprint density at radius 1 is 0.838 bits per heavy atom. The highest BCUT2D eigenvalue weighted by molar-refractivity contribution is 7.89. The van der Waals surface area contributed by atoms with E-state index >= 15 is 0 Å². The zero-order valence-electron chi connectivity index (χ0n) is 21.9. The van der Waals surface area contributed by atoms with Crippen LogP contribution >= 0.6 is 0 Å². The van der Waals surface area contributed by atoms with Gasteiger partial charge in [0.15, 0.2) is 0 Å². The van der Waals surface area contributed by atoms with E-state index in [1.807, 2.05) is 26.0 Å². The van der Waals surface area contributed by atoms with Crippen molar-refractivity contribution in [3.05, 3.63) is 113 Å². The summed E-state index contributed by atoms with van der Waals surface area (Å²) in [5, 5.41) is 3.30. The lowest BCUT2D eigenvalue weighted by Gasteiger charge is -2.24. The van der Waals surface area contributed by atoms with E-state index in [4.69, 9.17) is 0 Å². The summed E-state index contributed by atoms with van der Waals surface area (Å²) in [6.07, 6.45) is 6.13. The molecule has 0 amide bonds. The van der Waals surface area contributed by atoms with Crippen LogP contribution in [0.1, 0.15) is 36.5 Å². The highest BCUT2D eigenvalue weighted by atomic mass is 32.2. The van der Waals surface area contributed by atoms with Gasteiger partial charge in [0.2, 0.25) is 0 Å². The van der Waals surface area contributed by atoms with E-state index < -0.39 is 10.0 Å². The Morgan fingerprint density at radius 3 is 2.30 bits per heavy atom. The van der Waals surface area contributed by atoms with Gasteiger partial charge in [-0.1, -0.05) is 54.1 Å². The largest absolute Gasteiger partial charge is 0.384 e. The number of allylic oxidation sites excluding steroid dienone is 2. The third-order valence-corrected chi connectivity index (χ3v) is 9.21. The first kappa shape index (κ1) is 25.2. The molecule has 2 heterocycles. The molecule has 0 spiro atoms. The van der Waals surface area contributed by atoms with Crippen LogP contribution < -0.4 is 10.2 Å². The van der Waals surface area contributed by atoms with Gasteiger partial charge in [0.25, 0.3) is 10.0 Å². The van der Waals surface area contributed by atoms with E-state index in [-0.39, 0.29) is 0 Å². The second kappa shape index (κ2) is 10.5. The van der Waals surface area contributed by atoms with Gasteiger partial charge in [-0.15, -0.1) is 0 Å². The molecule has 0 saturated heterocycles. The lowest BCUT2D eigenvalue weighted by Crippen LogP contribution is -2.27. The van der Waals surface area contributed by atoms with Crippen LogP contribution in [-0.2, 0) is 22.9 Å². The van der Waals surface area contributed by atoms with Crippen molar-refractivity contribution in [1.29, 1.82) is 0 Å². The summed E-state index contributed by atoms with van der Waals surface area (Å²) >= 11 is 0. The molecule has 3 aromatic carbocycles. The van der Waals surface area contributed by atoms with Crippen LogP contribution in [0.2, 0.25) is 0 Å². The topological polar surface area (TPSA) is 52.7 Å². The summed E-state index contributed by atoms with van der Waals surface area (Å²) < 4.78 is 27.9. The smallest absolute Gasteiger partial charge is 0.264 e. The van der Waals surface area contributed by atoms with Crippen LogP contribution in [0.3, 0.4) is 0 Å². The van der Waals surface area contributed by atoms with Crippen LogP contribution in [0.4, 0.5) is 11.4 Å². The maximum Gasteiger partial charge on any atom is 0.264 e. The normalized spacial score (nSPS) is 17.3. The van der Waals surface area contributed by atoms with Crippen molar-refractivity contribution in [2.45, 2.75) is 44.4 Å². The first-order chi connectivity index (χ1) is 17.8. The second-order valence-corrected chi connectivity index (χ2v) is 11.9. The number of sulfonamides is 1. The lowest BCUT2D eigenvalue weighted by molar-refractivity contribution is 0.525. The minimum atomic E-state index is -3.58. The fraction of sp³-hybridized carbons (Fsp3) is 0.290. The maximum absolute atomic E-state index is 13.2. The minimum Gasteiger partial charge on any atom is -0.384 e. The van der Waals surface area contributed by atoms with Crippen molar-refractivity contribution in [2.75, 3.05) is 30.4 Å². The SMILES string of the molecule is CC1=C(N(C)S(=O)(=O)c2ccc(C)cc2)/C(=C/N2CCc3ccccc32)CC1.c1ccc2c(c1)CCN2. The molecule has 1 aliphatic carbocycles. The number of nitrogens with one attached hydrogen (secondary N) is 1. The molecule has 3 aliphatic rings. The van der Waals surface area contributed by atoms with Crippen LogP contribution in [0, 0.1) is 6.92 Å². The molecule has 0 fully saturated rings. The van der Waals surface area contributed by atoms with Crippen LogP contribution in [0.5, 0.6) is 0 Å². The molecule has 0 aromatic heterocycles. The van der Waals surface area contributed by atoms with Crippen molar-refractivity contribution in [2.24, 2.45) is 0 Å². The number of likely N-dealkylation sites (N-methyl/N-ethyl adjacent to an activating group) is 1. The average Bonchev–Trinajstić information content (AvgIpc) is 3.63. The summed E-state index contributed by atoms with van der Waals surface area (Å²) in [4.78, 5) is 2.59. The first-order valence-corrected chi connectivity index (χ1v) is 14.4. The van der Waals surface area contributed by atoms with Gasteiger partial charge in [-0.05, 0) is 86.1 Å². The predicted molar refractivity (Wildman–Crippen MR) is 152 cm³/mol. The zero-order valence-corrected chi connectivity index (χ0v) is 22.7. The van der Waals surface area contributed by atoms with E-state index in [1.54, 1.807) is 19.2 Å². The average molecular weight is 514 g/mol. The Kier molecular flexibility index (Phi) is 7.11. The Bertz CT molecular complexity index is 1430. The molecule has 0 radical (unpaired) electrons. The summed E-state index contributed by atoms with van der Waals surface area (Å²) in [6.45, 7) is 6.04.